The fraction of sp³-hybridized carbons (Fsp3) is 0.333. The third-order valence-electron chi connectivity index (χ3n) is 1.37. The normalized spacial score (nSPS) is 10.6. The molecule has 0 bridgehead atoms. The van der Waals surface area contributed by atoms with E-state index in [1.165, 1.54) is 0 Å². The van der Waals surface area contributed by atoms with Crippen molar-refractivity contribution in [2.24, 2.45) is 0 Å². The highest BCUT2D eigenvalue weighted by molar-refractivity contribution is 4.77. The molecule has 0 amide bonds. The largest absolute Gasteiger partial charge is 0.446 e. The van der Waals surface area contributed by atoms with Crippen LogP contribution in [-0.4, -0.2) is 15.1 Å². The van der Waals surface area contributed by atoms with Crippen molar-refractivity contribution < 1.29 is 13.5 Å². The lowest BCUT2D eigenvalue weighted by Crippen LogP contribution is -2.14. The smallest absolute Gasteiger partial charge is 0.423 e. The van der Waals surface area contributed by atoms with Crippen LogP contribution in [-0.2, 0) is 6.54 Å². The summed E-state index contributed by atoms with van der Waals surface area (Å²) in [7, 11) is 0. The van der Waals surface area contributed by atoms with Crippen LogP contribution in [0.2, 0.25) is 0 Å². The summed E-state index contributed by atoms with van der Waals surface area (Å²) in [5.74, 6) is 0.557. The van der Waals surface area contributed by atoms with Gasteiger partial charge in [0.15, 0.2) is 6.54 Å². The quantitative estimate of drug-likeness (QED) is 0.579. The van der Waals surface area contributed by atoms with Gasteiger partial charge in [0.25, 0.3) is 0 Å². The van der Waals surface area contributed by atoms with E-state index >= 15 is 0 Å². The van der Waals surface area contributed by atoms with Crippen molar-refractivity contribution in [3.63, 3.8) is 0 Å². The first-order valence-electron chi connectivity index (χ1n) is 3.66. The fourth-order valence-electron chi connectivity index (χ4n) is 0.855. The summed E-state index contributed by atoms with van der Waals surface area (Å²) in [6.45, 7) is 1.52. The van der Waals surface area contributed by atoms with Gasteiger partial charge >= 0.3 is 11.3 Å². The molecular weight excluding hydrogens is 194 g/mol. The predicted molar refractivity (Wildman–Crippen MR) is 39.6 cm³/mol. The Balaban J connectivity index is 2.27. The molecule has 74 valence electrons. The van der Waals surface area contributed by atoms with Crippen molar-refractivity contribution in [1.29, 1.82) is 0 Å². The molecule has 0 spiro atoms. The molecular formula is C6H5N3O5. The van der Waals surface area contributed by atoms with Gasteiger partial charge in [0.2, 0.25) is 11.8 Å². The van der Waals surface area contributed by atoms with E-state index in [2.05, 4.69) is 19.2 Å². The summed E-state index contributed by atoms with van der Waals surface area (Å²) in [6.07, 6.45) is 0. The second kappa shape index (κ2) is 2.98. The average molecular weight is 199 g/mol. The number of aromatic nitrogens is 3. The Labute approximate surface area is 75.7 Å². The second-order valence-corrected chi connectivity index (χ2v) is 2.46. The molecule has 0 unspecified atom stereocenters. The molecule has 0 N–H and O–H groups in total. The molecule has 0 atom stereocenters. The molecule has 0 radical (unpaired) electrons. The van der Waals surface area contributed by atoms with Gasteiger partial charge in [-0.3, -0.25) is 9.05 Å². The van der Waals surface area contributed by atoms with Crippen molar-refractivity contribution in [2.75, 3.05) is 0 Å². The van der Waals surface area contributed by atoms with Gasteiger partial charge in [-0.1, -0.05) is 0 Å². The second-order valence-electron chi connectivity index (χ2n) is 2.46. The Morgan fingerprint density at radius 1 is 1.21 bits per heavy atom. The Kier molecular flexibility index (Phi) is 1.80. The number of nitrogens with zero attached hydrogens (tertiary/aromatic N) is 3. The number of hydrogen-bond donors (Lipinski definition) is 0. The maximum atomic E-state index is 10.6. The van der Waals surface area contributed by atoms with E-state index in [1.54, 1.807) is 6.92 Å². The van der Waals surface area contributed by atoms with Crippen molar-refractivity contribution in [1.82, 2.24) is 15.1 Å². The molecule has 0 aliphatic carbocycles. The van der Waals surface area contributed by atoms with E-state index in [1.807, 2.05) is 0 Å². The number of aryl methyl sites for hydroxylation is 1. The summed E-state index contributed by atoms with van der Waals surface area (Å²) < 4.78 is 13.7. The average Bonchev–Trinajstić information content (AvgIpc) is 2.62. The molecule has 0 fully saturated rings. The first-order valence-corrected chi connectivity index (χ1v) is 3.66. The third-order valence-corrected chi connectivity index (χ3v) is 1.37. The molecule has 14 heavy (non-hydrogen) atoms. The summed E-state index contributed by atoms with van der Waals surface area (Å²) in [5, 5.41) is 7.16. The third kappa shape index (κ3) is 1.49. The van der Waals surface area contributed by atoms with Crippen LogP contribution in [0.5, 0.6) is 0 Å². The maximum Gasteiger partial charge on any atom is 0.446 e. The zero-order chi connectivity index (χ0) is 10.1. The molecule has 0 saturated heterocycles. The molecule has 8 nitrogen and oxygen atoms in total. The SMILES string of the molecule is Cc1nnc(Cn2oc(=O)c(=O)o2)o1. The first-order chi connectivity index (χ1) is 6.65. The topological polar surface area (TPSA) is 104 Å². The van der Waals surface area contributed by atoms with Gasteiger partial charge in [-0.2, -0.15) is 0 Å². The van der Waals surface area contributed by atoms with E-state index < -0.39 is 11.3 Å². The zero-order valence-corrected chi connectivity index (χ0v) is 7.09. The molecule has 0 saturated carbocycles. The predicted octanol–water partition coefficient (Wildman–Crippen LogP) is -0.866. The summed E-state index contributed by atoms with van der Waals surface area (Å²) >= 11 is 0. The number of hydrogen-bond acceptors (Lipinski definition) is 7. The van der Waals surface area contributed by atoms with E-state index in [9.17, 15) is 9.59 Å². The molecule has 2 rings (SSSR count). The molecule has 2 heterocycles. The minimum atomic E-state index is -1.07. The van der Waals surface area contributed by atoms with Crippen molar-refractivity contribution in [3.8, 4) is 0 Å². The lowest BCUT2D eigenvalue weighted by molar-refractivity contribution is 0.0775. The summed E-state index contributed by atoms with van der Waals surface area (Å²) in [6, 6.07) is 0. The molecule has 2 aromatic heterocycles. The van der Waals surface area contributed by atoms with E-state index in [0.717, 1.165) is 0 Å². The molecule has 0 aromatic carbocycles. The highest BCUT2D eigenvalue weighted by Gasteiger charge is 2.09. The van der Waals surface area contributed by atoms with Crippen molar-refractivity contribution >= 4 is 0 Å². The van der Waals surface area contributed by atoms with Gasteiger partial charge < -0.3 is 4.42 Å². The van der Waals surface area contributed by atoms with Gasteiger partial charge in [-0.05, 0) is 4.91 Å². The number of rotatable bonds is 2. The monoisotopic (exact) mass is 199 g/mol. The summed E-state index contributed by atoms with van der Waals surface area (Å²) in [4.78, 5) is 21.8. The van der Waals surface area contributed by atoms with Gasteiger partial charge in [0.1, 0.15) is 0 Å². The Bertz CT molecular complexity index is 517. The van der Waals surface area contributed by atoms with E-state index in [-0.39, 0.29) is 12.4 Å². The van der Waals surface area contributed by atoms with Crippen LogP contribution >= 0.6 is 0 Å². The van der Waals surface area contributed by atoms with Crippen LogP contribution < -0.4 is 11.3 Å². The standard InChI is InChI=1S/C6H5N3O5/c1-3-7-8-4(12-3)2-9-13-5(10)6(11)14-9/h2H2,1H3. The highest BCUT2D eigenvalue weighted by atomic mass is 16.7. The van der Waals surface area contributed by atoms with Crippen LogP contribution in [0.3, 0.4) is 0 Å². The van der Waals surface area contributed by atoms with E-state index in [4.69, 9.17) is 4.42 Å². The zero-order valence-electron chi connectivity index (χ0n) is 7.09. The molecule has 2 aromatic rings. The van der Waals surface area contributed by atoms with E-state index in [0.29, 0.717) is 10.8 Å². The molecule has 0 aliphatic heterocycles. The fourth-order valence-corrected chi connectivity index (χ4v) is 0.855. The van der Waals surface area contributed by atoms with Crippen molar-refractivity contribution in [2.45, 2.75) is 13.5 Å². The van der Waals surface area contributed by atoms with Gasteiger partial charge in [0.05, 0.1) is 0 Å². The van der Waals surface area contributed by atoms with Gasteiger partial charge in [-0.25, -0.2) is 9.59 Å². The summed E-state index contributed by atoms with van der Waals surface area (Å²) in [5.41, 5.74) is -2.14. The highest BCUT2D eigenvalue weighted by Crippen LogP contribution is 1.99. The van der Waals surface area contributed by atoms with Crippen LogP contribution in [0.1, 0.15) is 11.8 Å². The van der Waals surface area contributed by atoms with Crippen LogP contribution in [0.25, 0.3) is 0 Å². The lowest BCUT2D eigenvalue weighted by Gasteiger charge is -1.89. The Hall–Kier alpha value is -2.12. The Morgan fingerprint density at radius 3 is 2.36 bits per heavy atom. The van der Waals surface area contributed by atoms with Crippen molar-refractivity contribution in [3.05, 3.63) is 32.6 Å². The molecule has 8 heteroatoms. The Morgan fingerprint density at radius 2 is 1.86 bits per heavy atom. The minimum absolute atomic E-state index is 0.0850. The van der Waals surface area contributed by atoms with Crippen LogP contribution in [0, 0.1) is 6.92 Å². The maximum absolute atomic E-state index is 10.6. The minimum Gasteiger partial charge on any atom is -0.423 e. The van der Waals surface area contributed by atoms with Gasteiger partial charge in [-0.15, -0.1) is 10.2 Å². The van der Waals surface area contributed by atoms with Crippen LogP contribution in [0.4, 0.5) is 0 Å². The lowest BCUT2D eigenvalue weighted by atomic mass is 10.7. The molecule has 0 aliphatic rings. The van der Waals surface area contributed by atoms with Crippen LogP contribution in [0.15, 0.2) is 23.1 Å². The first kappa shape index (κ1) is 8.48. The van der Waals surface area contributed by atoms with Gasteiger partial charge in [0, 0.05) is 6.92 Å².